The van der Waals surface area contributed by atoms with Gasteiger partial charge in [0.1, 0.15) is 0 Å². The van der Waals surface area contributed by atoms with Gasteiger partial charge in [0.05, 0.1) is 12.7 Å². The van der Waals surface area contributed by atoms with Gasteiger partial charge in [-0.25, -0.2) is 0 Å². The van der Waals surface area contributed by atoms with E-state index in [1.807, 2.05) is 35.2 Å². The number of hydrogen-bond acceptors (Lipinski definition) is 3. The third kappa shape index (κ3) is 3.35. The molecule has 4 heteroatoms. The summed E-state index contributed by atoms with van der Waals surface area (Å²) in [6.45, 7) is 3.99. The Morgan fingerprint density at radius 1 is 1.25 bits per heavy atom. The smallest absolute Gasteiger partial charge is 0.253 e. The molecule has 0 spiro atoms. The summed E-state index contributed by atoms with van der Waals surface area (Å²) in [7, 11) is 0. The van der Waals surface area contributed by atoms with Gasteiger partial charge in [0.2, 0.25) is 0 Å². The second kappa shape index (κ2) is 6.85. The van der Waals surface area contributed by atoms with Crippen molar-refractivity contribution in [3.05, 3.63) is 35.9 Å². The molecule has 3 fully saturated rings. The first kappa shape index (κ1) is 16.1. The van der Waals surface area contributed by atoms with Gasteiger partial charge in [-0.05, 0) is 50.2 Å². The van der Waals surface area contributed by atoms with Crippen molar-refractivity contribution in [2.45, 2.75) is 38.2 Å². The highest BCUT2D eigenvalue weighted by Crippen LogP contribution is 2.41. The summed E-state index contributed by atoms with van der Waals surface area (Å²) >= 11 is 0. The Kier molecular flexibility index (Phi) is 4.59. The van der Waals surface area contributed by atoms with Gasteiger partial charge >= 0.3 is 0 Å². The van der Waals surface area contributed by atoms with Crippen molar-refractivity contribution in [3.63, 3.8) is 0 Å². The van der Waals surface area contributed by atoms with E-state index < -0.39 is 0 Å². The SMILES string of the molecule is O=C(c1ccccc1)N1CC[C@H]2OCCC[C@]2(COCC2CC2)C1. The number of benzene rings is 1. The highest BCUT2D eigenvalue weighted by atomic mass is 16.5. The van der Waals surface area contributed by atoms with Crippen LogP contribution in [0.15, 0.2) is 30.3 Å². The van der Waals surface area contributed by atoms with Gasteiger partial charge in [0.15, 0.2) is 0 Å². The first-order valence-corrected chi connectivity index (χ1v) is 9.30. The van der Waals surface area contributed by atoms with E-state index >= 15 is 0 Å². The summed E-state index contributed by atoms with van der Waals surface area (Å²) in [4.78, 5) is 14.9. The molecule has 4 nitrogen and oxygen atoms in total. The van der Waals surface area contributed by atoms with E-state index in [0.29, 0.717) is 0 Å². The molecule has 1 aromatic rings. The number of amides is 1. The van der Waals surface area contributed by atoms with E-state index in [1.165, 1.54) is 12.8 Å². The van der Waals surface area contributed by atoms with E-state index in [4.69, 9.17) is 9.47 Å². The molecule has 0 N–H and O–H groups in total. The second-order valence-corrected chi connectivity index (χ2v) is 7.67. The molecule has 2 saturated heterocycles. The van der Waals surface area contributed by atoms with E-state index in [0.717, 1.165) is 63.7 Å². The molecule has 0 bridgehead atoms. The summed E-state index contributed by atoms with van der Waals surface area (Å²) in [5.74, 6) is 0.913. The van der Waals surface area contributed by atoms with Crippen molar-refractivity contribution in [2.75, 3.05) is 32.9 Å². The van der Waals surface area contributed by atoms with Crippen LogP contribution in [-0.4, -0.2) is 49.8 Å². The van der Waals surface area contributed by atoms with Crippen molar-refractivity contribution >= 4 is 5.91 Å². The molecule has 0 radical (unpaired) electrons. The summed E-state index contributed by atoms with van der Waals surface area (Å²) in [6.07, 6.45) is 5.95. The molecule has 1 amide bonds. The Labute approximate surface area is 144 Å². The van der Waals surface area contributed by atoms with Crippen molar-refractivity contribution in [1.29, 1.82) is 0 Å². The van der Waals surface area contributed by atoms with Crippen LogP contribution in [0.2, 0.25) is 0 Å². The lowest BCUT2D eigenvalue weighted by atomic mass is 9.73. The molecule has 2 atom stereocenters. The minimum atomic E-state index is -0.0180. The Bertz CT molecular complexity index is 572. The summed E-state index contributed by atoms with van der Waals surface area (Å²) in [5.41, 5.74) is 0.761. The summed E-state index contributed by atoms with van der Waals surface area (Å²) in [6, 6.07) is 9.62. The maximum Gasteiger partial charge on any atom is 0.253 e. The number of carbonyl (C=O) groups excluding carboxylic acids is 1. The molecule has 0 unspecified atom stereocenters. The monoisotopic (exact) mass is 329 g/mol. The molecule has 1 saturated carbocycles. The van der Waals surface area contributed by atoms with Crippen LogP contribution in [0.1, 0.15) is 42.5 Å². The fourth-order valence-electron chi connectivity index (χ4n) is 4.15. The van der Waals surface area contributed by atoms with Crippen LogP contribution in [0.4, 0.5) is 0 Å². The number of piperidine rings is 1. The van der Waals surface area contributed by atoms with Crippen LogP contribution in [0.3, 0.4) is 0 Å². The topological polar surface area (TPSA) is 38.8 Å². The maximum atomic E-state index is 12.9. The van der Waals surface area contributed by atoms with Gasteiger partial charge in [-0.1, -0.05) is 18.2 Å². The second-order valence-electron chi connectivity index (χ2n) is 7.67. The van der Waals surface area contributed by atoms with E-state index in [-0.39, 0.29) is 17.4 Å². The third-order valence-electron chi connectivity index (χ3n) is 5.74. The molecule has 4 rings (SSSR count). The van der Waals surface area contributed by atoms with Gasteiger partial charge in [-0.3, -0.25) is 4.79 Å². The zero-order chi connectivity index (χ0) is 16.4. The summed E-state index contributed by atoms with van der Waals surface area (Å²) < 4.78 is 12.1. The zero-order valence-electron chi connectivity index (χ0n) is 14.3. The molecule has 2 aliphatic heterocycles. The Hall–Kier alpha value is -1.39. The first-order chi connectivity index (χ1) is 11.8. The normalized spacial score (nSPS) is 30.0. The Balaban J connectivity index is 1.46. The average Bonchev–Trinajstić information content (AvgIpc) is 3.45. The molecule has 0 aromatic heterocycles. The molecule has 24 heavy (non-hydrogen) atoms. The zero-order valence-corrected chi connectivity index (χ0v) is 14.3. The van der Waals surface area contributed by atoms with Crippen molar-refractivity contribution in [2.24, 2.45) is 11.3 Å². The Morgan fingerprint density at radius 3 is 2.88 bits per heavy atom. The van der Waals surface area contributed by atoms with Gasteiger partial charge in [-0.2, -0.15) is 0 Å². The van der Waals surface area contributed by atoms with Crippen LogP contribution in [0, 0.1) is 11.3 Å². The molecule has 1 aromatic carbocycles. The van der Waals surface area contributed by atoms with Gasteiger partial charge in [-0.15, -0.1) is 0 Å². The number of carbonyl (C=O) groups is 1. The maximum absolute atomic E-state index is 12.9. The van der Waals surface area contributed by atoms with Crippen molar-refractivity contribution in [1.82, 2.24) is 4.90 Å². The number of likely N-dealkylation sites (tertiary alicyclic amines) is 1. The first-order valence-electron chi connectivity index (χ1n) is 9.30. The van der Waals surface area contributed by atoms with Crippen molar-refractivity contribution < 1.29 is 14.3 Å². The minimum Gasteiger partial charge on any atom is -0.380 e. The lowest BCUT2D eigenvalue weighted by molar-refractivity contribution is -0.147. The predicted molar refractivity (Wildman–Crippen MR) is 91.9 cm³/mol. The van der Waals surface area contributed by atoms with Crippen LogP contribution >= 0.6 is 0 Å². The molecular formula is C20H27NO3. The van der Waals surface area contributed by atoms with Crippen LogP contribution < -0.4 is 0 Å². The lowest BCUT2D eigenvalue weighted by Crippen LogP contribution is -2.58. The van der Waals surface area contributed by atoms with E-state index in [1.54, 1.807) is 0 Å². The number of ether oxygens (including phenoxy) is 2. The lowest BCUT2D eigenvalue weighted by Gasteiger charge is -2.50. The quantitative estimate of drug-likeness (QED) is 0.833. The average molecular weight is 329 g/mol. The van der Waals surface area contributed by atoms with Crippen LogP contribution in [-0.2, 0) is 9.47 Å². The van der Waals surface area contributed by atoms with Crippen LogP contribution in [0.25, 0.3) is 0 Å². The molecular weight excluding hydrogens is 302 g/mol. The van der Waals surface area contributed by atoms with E-state index in [9.17, 15) is 4.79 Å². The standard InChI is InChI=1S/C20H27NO3/c22-19(17-5-2-1-3-6-17)21-11-9-18-20(14-21,10-4-12-24-18)15-23-13-16-7-8-16/h1-3,5-6,16,18H,4,7-15H2/t18-,20-/m1/s1. The Morgan fingerprint density at radius 2 is 2.08 bits per heavy atom. The molecule has 2 heterocycles. The minimum absolute atomic E-state index is 0.0180. The van der Waals surface area contributed by atoms with Crippen LogP contribution in [0.5, 0.6) is 0 Å². The number of hydrogen-bond donors (Lipinski definition) is 0. The number of nitrogens with zero attached hydrogens (tertiary/aromatic N) is 1. The predicted octanol–water partition coefficient (Wildman–Crippen LogP) is 3.12. The molecule has 1 aliphatic carbocycles. The van der Waals surface area contributed by atoms with Gasteiger partial charge in [0, 0.05) is 37.3 Å². The molecule has 130 valence electrons. The number of rotatable bonds is 5. The van der Waals surface area contributed by atoms with E-state index in [2.05, 4.69) is 0 Å². The highest BCUT2D eigenvalue weighted by Gasteiger charge is 2.47. The fourth-order valence-corrected chi connectivity index (χ4v) is 4.15. The fraction of sp³-hybridized carbons (Fsp3) is 0.650. The van der Waals surface area contributed by atoms with Gasteiger partial charge in [0.25, 0.3) is 5.91 Å². The summed E-state index contributed by atoms with van der Waals surface area (Å²) in [5, 5.41) is 0. The third-order valence-corrected chi connectivity index (χ3v) is 5.74. The van der Waals surface area contributed by atoms with Crippen molar-refractivity contribution in [3.8, 4) is 0 Å². The largest absolute Gasteiger partial charge is 0.380 e. The number of fused-ring (bicyclic) bond motifs is 1. The highest BCUT2D eigenvalue weighted by molar-refractivity contribution is 5.94. The molecule has 3 aliphatic rings. The van der Waals surface area contributed by atoms with Gasteiger partial charge < -0.3 is 14.4 Å².